The zero-order chi connectivity index (χ0) is 15.5. The van der Waals surface area contributed by atoms with Crippen molar-refractivity contribution >= 4 is 15.8 Å². The number of sulfonamides is 1. The molecule has 0 saturated heterocycles. The predicted octanol–water partition coefficient (Wildman–Crippen LogP) is 2.05. The Morgan fingerprint density at radius 1 is 1.38 bits per heavy atom. The van der Waals surface area contributed by atoms with Gasteiger partial charge >= 0.3 is 0 Å². The monoisotopic (exact) mass is 308 g/mol. The summed E-state index contributed by atoms with van der Waals surface area (Å²) in [5, 5.41) is 0. The van der Waals surface area contributed by atoms with Crippen LogP contribution in [0.15, 0.2) is 39.8 Å². The molecule has 0 bridgehead atoms. The molecule has 0 aliphatic heterocycles. The molecule has 0 spiro atoms. The maximum Gasteiger partial charge on any atom is 0.241 e. The SMILES string of the molecule is CCC(=O)c1cccc(S(=O)(=O)NCc2ncc(C)o2)c1. The fourth-order valence-electron chi connectivity index (χ4n) is 1.76. The van der Waals surface area contributed by atoms with Crippen LogP contribution in [0.3, 0.4) is 0 Å². The van der Waals surface area contributed by atoms with Gasteiger partial charge in [0.1, 0.15) is 5.76 Å². The highest BCUT2D eigenvalue weighted by Gasteiger charge is 2.16. The maximum atomic E-state index is 12.2. The number of rotatable bonds is 6. The Hall–Kier alpha value is -1.99. The van der Waals surface area contributed by atoms with Gasteiger partial charge in [0.2, 0.25) is 15.9 Å². The number of benzene rings is 1. The van der Waals surface area contributed by atoms with Crippen molar-refractivity contribution < 1.29 is 17.6 Å². The van der Waals surface area contributed by atoms with Crippen LogP contribution in [0.2, 0.25) is 0 Å². The second kappa shape index (κ2) is 6.19. The average molecular weight is 308 g/mol. The number of Topliss-reactive ketones (excluding diaryl/α,β-unsaturated/α-hetero) is 1. The van der Waals surface area contributed by atoms with E-state index in [1.165, 1.54) is 18.3 Å². The Labute approximate surface area is 123 Å². The van der Waals surface area contributed by atoms with E-state index in [0.29, 0.717) is 17.7 Å². The quantitative estimate of drug-likeness (QED) is 0.825. The third-order valence-electron chi connectivity index (χ3n) is 2.87. The van der Waals surface area contributed by atoms with E-state index in [0.717, 1.165) is 0 Å². The number of ketones is 1. The summed E-state index contributed by atoms with van der Waals surface area (Å²) in [7, 11) is -3.72. The number of oxazole rings is 1. The Kier molecular flexibility index (Phi) is 4.54. The van der Waals surface area contributed by atoms with E-state index >= 15 is 0 Å². The first-order valence-corrected chi connectivity index (χ1v) is 7.95. The first-order valence-electron chi connectivity index (χ1n) is 6.46. The average Bonchev–Trinajstić information content (AvgIpc) is 2.90. The highest BCUT2D eigenvalue weighted by atomic mass is 32.2. The molecule has 0 radical (unpaired) electrons. The molecule has 1 aromatic carbocycles. The van der Waals surface area contributed by atoms with Gasteiger partial charge < -0.3 is 4.42 Å². The van der Waals surface area contributed by atoms with Gasteiger partial charge in [0.05, 0.1) is 17.6 Å². The molecule has 0 unspecified atom stereocenters. The van der Waals surface area contributed by atoms with Crippen molar-refractivity contribution in [1.29, 1.82) is 0 Å². The zero-order valence-corrected chi connectivity index (χ0v) is 12.6. The van der Waals surface area contributed by atoms with Gasteiger partial charge in [-0.15, -0.1) is 0 Å². The summed E-state index contributed by atoms with van der Waals surface area (Å²) in [5.74, 6) is 0.798. The predicted molar refractivity (Wildman–Crippen MR) is 76.3 cm³/mol. The third kappa shape index (κ3) is 3.77. The van der Waals surface area contributed by atoms with Crippen molar-refractivity contribution in [3.8, 4) is 0 Å². The molecule has 112 valence electrons. The van der Waals surface area contributed by atoms with Crippen LogP contribution in [0, 0.1) is 6.92 Å². The molecule has 7 heteroatoms. The van der Waals surface area contributed by atoms with Crippen LogP contribution in [0.25, 0.3) is 0 Å². The molecule has 0 aliphatic carbocycles. The van der Waals surface area contributed by atoms with Crippen LogP contribution < -0.4 is 4.72 Å². The molecule has 2 aromatic rings. The van der Waals surface area contributed by atoms with Gasteiger partial charge in [-0.1, -0.05) is 19.1 Å². The van der Waals surface area contributed by atoms with Crippen molar-refractivity contribution in [1.82, 2.24) is 9.71 Å². The molecule has 1 aromatic heterocycles. The molecule has 1 heterocycles. The summed E-state index contributed by atoms with van der Waals surface area (Å²) in [6.07, 6.45) is 1.84. The van der Waals surface area contributed by atoms with E-state index in [9.17, 15) is 13.2 Å². The highest BCUT2D eigenvalue weighted by molar-refractivity contribution is 7.89. The van der Waals surface area contributed by atoms with Crippen LogP contribution in [-0.2, 0) is 16.6 Å². The van der Waals surface area contributed by atoms with E-state index in [1.54, 1.807) is 26.0 Å². The van der Waals surface area contributed by atoms with Crippen molar-refractivity contribution in [3.05, 3.63) is 47.7 Å². The lowest BCUT2D eigenvalue weighted by atomic mass is 10.1. The Morgan fingerprint density at radius 2 is 2.14 bits per heavy atom. The van der Waals surface area contributed by atoms with Gasteiger partial charge in [-0.3, -0.25) is 4.79 Å². The number of nitrogens with one attached hydrogen (secondary N) is 1. The summed E-state index contributed by atoms with van der Waals surface area (Å²) in [5.41, 5.74) is 0.382. The summed E-state index contributed by atoms with van der Waals surface area (Å²) in [6, 6.07) is 5.96. The molecule has 0 fully saturated rings. The van der Waals surface area contributed by atoms with Gasteiger partial charge in [-0.25, -0.2) is 18.1 Å². The number of hydrogen-bond donors (Lipinski definition) is 1. The first kappa shape index (κ1) is 15.4. The number of carbonyl (C=O) groups excluding carboxylic acids is 1. The van der Waals surface area contributed by atoms with Crippen LogP contribution >= 0.6 is 0 Å². The molecule has 0 aliphatic rings. The van der Waals surface area contributed by atoms with Crippen molar-refractivity contribution in [2.24, 2.45) is 0 Å². The molecule has 0 saturated carbocycles. The van der Waals surface area contributed by atoms with Gasteiger partial charge in [-0.2, -0.15) is 0 Å². The van der Waals surface area contributed by atoms with Crippen LogP contribution in [0.1, 0.15) is 35.4 Å². The van der Waals surface area contributed by atoms with E-state index in [4.69, 9.17) is 4.42 Å². The minimum atomic E-state index is -3.72. The lowest BCUT2D eigenvalue weighted by molar-refractivity contribution is 0.0988. The molecule has 21 heavy (non-hydrogen) atoms. The summed E-state index contributed by atoms with van der Waals surface area (Å²) in [6.45, 7) is 3.42. The second-order valence-electron chi connectivity index (χ2n) is 4.49. The fraction of sp³-hybridized carbons (Fsp3) is 0.286. The smallest absolute Gasteiger partial charge is 0.241 e. The molecule has 0 amide bonds. The Bertz CT molecular complexity index is 750. The molecule has 2 rings (SSSR count). The first-order chi connectivity index (χ1) is 9.92. The second-order valence-corrected chi connectivity index (χ2v) is 6.26. The fourth-order valence-corrected chi connectivity index (χ4v) is 2.78. The lowest BCUT2D eigenvalue weighted by Gasteiger charge is -2.06. The van der Waals surface area contributed by atoms with E-state index in [1.807, 2.05) is 0 Å². The molecule has 6 nitrogen and oxygen atoms in total. The van der Waals surface area contributed by atoms with Crippen molar-refractivity contribution in [2.45, 2.75) is 31.7 Å². The van der Waals surface area contributed by atoms with Crippen LogP contribution in [0.4, 0.5) is 0 Å². The highest BCUT2D eigenvalue weighted by Crippen LogP contribution is 2.13. The standard InChI is InChI=1S/C14H16N2O4S/c1-3-13(17)11-5-4-6-12(7-11)21(18,19)16-9-14-15-8-10(2)20-14/h4-8,16H,3,9H2,1-2H3. The molecular formula is C14H16N2O4S. The van der Waals surface area contributed by atoms with Crippen LogP contribution in [-0.4, -0.2) is 19.2 Å². The molecule has 0 atom stereocenters. The van der Waals surface area contributed by atoms with Crippen molar-refractivity contribution in [3.63, 3.8) is 0 Å². The van der Waals surface area contributed by atoms with Gasteiger partial charge in [-0.05, 0) is 19.1 Å². The normalized spacial score (nSPS) is 11.5. The number of carbonyl (C=O) groups is 1. The van der Waals surface area contributed by atoms with Crippen molar-refractivity contribution in [2.75, 3.05) is 0 Å². The van der Waals surface area contributed by atoms with Gasteiger partial charge in [0.15, 0.2) is 5.78 Å². The number of aromatic nitrogens is 1. The number of nitrogens with zero attached hydrogens (tertiary/aromatic N) is 1. The maximum absolute atomic E-state index is 12.2. The van der Waals surface area contributed by atoms with E-state index in [2.05, 4.69) is 9.71 Å². The minimum absolute atomic E-state index is 0.0396. The van der Waals surface area contributed by atoms with Gasteiger partial charge in [0, 0.05) is 12.0 Å². The van der Waals surface area contributed by atoms with Gasteiger partial charge in [0.25, 0.3) is 0 Å². The Balaban J connectivity index is 2.17. The zero-order valence-electron chi connectivity index (χ0n) is 11.8. The third-order valence-corrected chi connectivity index (χ3v) is 4.27. The topological polar surface area (TPSA) is 89.3 Å². The van der Waals surface area contributed by atoms with E-state index < -0.39 is 10.0 Å². The number of hydrogen-bond acceptors (Lipinski definition) is 5. The summed E-state index contributed by atoms with van der Waals surface area (Å²) >= 11 is 0. The lowest BCUT2D eigenvalue weighted by Crippen LogP contribution is -2.23. The molecular weight excluding hydrogens is 292 g/mol. The number of aryl methyl sites for hydroxylation is 1. The van der Waals surface area contributed by atoms with E-state index in [-0.39, 0.29) is 23.1 Å². The largest absolute Gasteiger partial charge is 0.445 e. The molecule has 1 N–H and O–H groups in total. The van der Waals surface area contributed by atoms with Crippen LogP contribution in [0.5, 0.6) is 0 Å². The summed E-state index contributed by atoms with van der Waals surface area (Å²) in [4.78, 5) is 15.6. The summed E-state index contributed by atoms with van der Waals surface area (Å²) < 4.78 is 32.0. The minimum Gasteiger partial charge on any atom is -0.445 e. The Morgan fingerprint density at radius 3 is 2.76 bits per heavy atom.